The van der Waals surface area contributed by atoms with Gasteiger partial charge in [0.2, 0.25) is 0 Å². The first kappa shape index (κ1) is 9.74. The molecule has 1 N–H and O–H groups in total. The lowest BCUT2D eigenvalue weighted by atomic mass is 9.98. The van der Waals surface area contributed by atoms with Crippen LogP contribution < -0.4 is 3.53 Å². The lowest BCUT2D eigenvalue weighted by Gasteiger charge is -2.21. The van der Waals surface area contributed by atoms with E-state index in [-0.39, 0.29) is 0 Å². The quantitative estimate of drug-likeness (QED) is 0.480. The Morgan fingerprint density at radius 2 is 2.00 bits per heavy atom. The number of halogens is 1. The summed E-state index contributed by atoms with van der Waals surface area (Å²) in [5.74, 6) is 0. The SMILES string of the molecule is INCCOC1CCCCC1. The van der Waals surface area contributed by atoms with Gasteiger partial charge in [-0.05, 0) is 12.8 Å². The highest BCUT2D eigenvalue weighted by Gasteiger charge is 2.12. The van der Waals surface area contributed by atoms with Crippen molar-refractivity contribution in [1.82, 2.24) is 3.53 Å². The highest BCUT2D eigenvalue weighted by Crippen LogP contribution is 2.19. The van der Waals surface area contributed by atoms with Crippen LogP contribution in [0.3, 0.4) is 0 Å². The molecule has 11 heavy (non-hydrogen) atoms. The van der Waals surface area contributed by atoms with Crippen molar-refractivity contribution >= 4 is 22.9 Å². The van der Waals surface area contributed by atoms with Gasteiger partial charge in [0.25, 0.3) is 0 Å². The zero-order valence-corrected chi connectivity index (χ0v) is 8.97. The van der Waals surface area contributed by atoms with Crippen molar-refractivity contribution in [3.63, 3.8) is 0 Å². The van der Waals surface area contributed by atoms with Crippen LogP contribution in [-0.2, 0) is 4.74 Å². The third-order valence-corrected chi connectivity index (χ3v) is 2.64. The summed E-state index contributed by atoms with van der Waals surface area (Å²) in [4.78, 5) is 0. The standard InChI is InChI=1S/C8H16INO/c9-10-6-7-11-8-4-2-1-3-5-8/h8,10H,1-7H2. The van der Waals surface area contributed by atoms with Gasteiger partial charge in [-0.1, -0.05) is 19.3 Å². The smallest absolute Gasteiger partial charge is 0.0602 e. The fraction of sp³-hybridized carbons (Fsp3) is 1.00. The number of ether oxygens (including phenoxy) is 1. The van der Waals surface area contributed by atoms with Crippen molar-refractivity contribution < 1.29 is 4.74 Å². The second-order valence-corrected chi connectivity index (χ2v) is 3.78. The largest absolute Gasteiger partial charge is 0.377 e. The van der Waals surface area contributed by atoms with Gasteiger partial charge in [-0.2, -0.15) is 0 Å². The number of nitrogens with one attached hydrogen (secondary N) is 1. The molecule has 0 unspecified atom stereocenters. The molecule has 1 saturated carbocycles. The summed E-state index contributed by atoms with van der Waals surface area (Å²) in [5, 5.41) is 0. The minimum Gasteiger partial charge on any atom is -0.377 e. The molecule has 2 nitrogen and oxygen atoms in total. The summed E-state index contributed by atoms with van der Waals surface area (Å²) in [7, 11) is 0. The van der Waals surface area contributed by atoms with Crippen LogP contribution >= 0.6 is 22.9 Å². The Morgan fingerprint density at radius 3 is 2.64 bits per heavy atom. The van der Waals surface area contributed by atoms with Crippen molar-refractivity contribution in [1.29, 1.82) is 0 Å². The maximum absolute atomic E-state index is 5.66. The summed E-state index contributed by atoms with van der Waals surface area (Å²) in [6.07, 6.45) is 7.26. The number of hydrogen-bond acceptors (Lipinski definition) is 2. The van der Waals surface area contributed by atoms with Crippen LogP contribution in [0.5, 0.6) is 0 Å². The summed E-state index contributed by atoms with van der Waals surface area (Å²) in [5.41, 5.74) is 0. The molecular weight excluding hydrogens is 253 g/mol. The van der Waals surface area contributed by atoms with E-state index in [1.165, 1.54) is 32.1 Å². The summed E-state index contributed by atoms with van der Waals surface area (Å²) in [6.45, 7) is 1.84. The van der Waals surface area contributed by atoms with Crippen LogP contribution in [0.1, 0.15) is 32.1 Å². The molecule has 66 valence electrons. The average molecular weight is 269 g/mol. The van der Waals surface area contributed by atoms with E-state index in [2.05, 4.69) is 26.4 Å². The topological polar surface area (TPSA) is 21.3 Å². The molecule has 0 bridgehead atoms. The van der Waals surface area contributed by atoms with E-state index in [9.17, 15) is 0 Å². The number of hydrogen-bond donors (Lipinski definition) is 1. The summed E-state index contributed by atoms with van der Waals surface area (Å²) in [6, 6.07) is 0. The van der Waals surface area contributed by atoms with Crippen LogP contribution in [0.4, 0.5) is 0 Å². The fourth-order valence-electron chi connectivity index (χ4n) is 1.50. The zero-order valence-electron chi connectivity index (χ0n) is 6.81. The molecule has 0 aliphatic heterocycles. The maximum Gasteiger partial charge on any atom is 0.0602 e. The monoisotopic (exact) mass is 269 g/mol. The molecule has 0 aromatic carbocycles. The van der Waals surface area contributed by atoms with E-state index in [0.29, 0.717) is 6.10 Å². The molecular formula is C8H16INO. The Balaban J connectivity index is 1.96. The Kier molecular flexibility index (Phi) is 5.49. The van der Waals surface area contributed by atoms with Crippen molar-refractivity contribution in [2.24, 2.45) is 0 Å². The third-order valence-electron chi connectivity index (χ3n) is 2.10. The van der Waals surface area contributed by atoms with E-state index in [1.54, 1.807) is 0 Å². The van der Waals surface area contributed by atoms with Gasteiger partial charge in [-0.3, -0.25) is 3.53 Å². The Morgan fingerprint density at radius 1 is 1.27 bits per heavy atom. The van der Waals surface area contributed by atoms with Crippen molar-refractivity contribution in [2.75, 3.05) is 13.2 Å². The van der Waals surface area contributed by atoms with Crippen LogP contribution in [0.25, 0.3) is 0 Å². The van der Waals surface area contributed by atoms with Gasteiger partial charge in [0.15, 0.2) is 0 Å². The summed E-state index contributed by atoms with van der Waals surface area (Å²) < 4.78 is 8.71. The Labute approximate surface area is 82.6 Å². The zero-order chi connectivity index (χ0) is 7.94. The predicted molar refractivity (Wildman–Crippen MR) is 54.8 cm³/mol. The number of rotatable bonds is 4. The molecule has 3 heteroatoms. The lowest BCUT2D eigenvalue weighted by molar-refractivity contribution is 0.0326. The van der Waals surface area contributed by atoms with Gasteiger partial charge in [0.1, 0.15) is 0 Å². The van der Waals surface area contributed by atoms with Gasteiger partial charge in [-0.25, -0.2) is 0 Å². The molecule has 0 amide bonds. The normalized spacial score (nSPS) is 20.5. The van der Waals surface area contributed by atoms with Crippen molar-refractivity contribution in [3.8, 4) is 0 Å². The maximum atomic E-state index is 5.66. The van der Waals surface area contributed by atoms with Crippen molar-refractivity contribution in [2.45, 2.75) is 38.2 Å². The fourth-order valence-corrected chi connectivity index (χ4v) is 1.72. The first-order valence-corrected chi connectivity index (χ1v) is 5.46. The van der Waals surface area contributed by atoms with Gasteiger partial charge in [0, 0.05) is 29.4 Å². The lowest BCUT2D eigenvalue weighted by Crippen LogP contribution is -2.20. The first-order valence-electron chi connectivity index (χ1n) is 4.38. The minimum absolute atomic E-state index is 0.563. The molecule has 0 aromatic heterocycles. The van der Waals surface area contributed by atoms with E-state index < -0.39 is 0 Å². The van der Waals surface area contributed by atoms with Crippen LogP contribution in [0, 0.1) is 0 Å². The predicted octanol–water partition coefficient (Wildman–Crippen LogP) is 2.28. The van der Waals surface area contributed by atoms with Gasteiger partial charge in [0.05, 0.1) is 12.7 Å². The van der Waals surface area contributed by atoms with E-state index >= 15 is 0 Å². The molecule has 1 rings (SSSR count). The van der Waals surface area contributed by atoms with Gasteiger partial charge < -0.3 is 4.74 Å². The van der Waals surface area contributed by atoms with E-state index in [4.69, 9.17) is 4.74 Å². The highest BCUT2D eigenvalue weighted by molar-refractivity contribution is 14.1. The van der Waals surface area contributed by atoms with E-state index in [1.807, 2.05) is 0 Å². The first-order chi connectivity index (χ1) is 5.43. The van der Waals surface area contributed by atoms with Crippen LogP contribution in [0.2, 0.25) is 0 Å². The average Bonchev–Trinajstić information content (AvgIpc) is 2.07. The molecule has 0 atom stereocenters. The third kappa shape index (κ3) is 4.28. The molecule has 0 heterocycles. The van der Waals surface area contributed by atoms with Crippen molar-refractivity contribution in [3.05, 3.63) is 0 Å². The molecule has 0 radical (unpaired) electrons. The molecule has 1 fully saturated rings. The van der Waals surface area contributed by atoms with Gasteiger partial charge >= 0.3 is 0 Å². The second kappa shape index (κ2) is 6.20. The second-order valence-electron chi connectivity index (χ2n) is 3.01. The molecule has 1 aliphatic rings. The molecule has 0 aromatic rings. The van der Waals surface area contributed by atoms with Crippen LogP contribution in [0.15, 0.2) is 0 Å². The Bertz CT molecular complexity index is 94.1. The summed E-state index contributed by atoms with van der Waals surface area (Å²) >= 11 is 2.15. The van der Waals surface area contributed by atoms with Crippen LogP contribution in [-0.4, -0.2) is 19.3 Å². The molecule has 0 saturated heterocycles. The highest BCUT2D eigenvalue weighted by atomic mass is 127. The molecule has 1 aliphatic carbocycles. The van der Waals surface area contributed by atoms with Gasteiger partial charge in [-0.15, -0.1) is 0 Å². The van der Waals surface area contributed by atoms with E-state index in [0.717, 1.165) is 13.2 Å². The Hall–Kier alpha value is 0.650. The minimum atomic E-state index is 0.563. The molecule has 0 spiro atoms.